The van der Waals surface area contributed by atoms with Crippen LogP contribution in [0.3, 0.4) is 0 Å². The van der Waals surface area contributed by atoms with Gasteiger partial charge in [-0.3, -0.25) is 4.79 Å². The van der Waals surface area contributed by atoms with Gasteiger partial charge in [0.25, 0.3) is 0 Å². The molecule has 3 saturated carbocycles. The molecule has 0 aliphatic heterocycles. The van der Waals surface area contributed by atoms with E-state index in [2.05, 4.69) is 27.4 Å². The van der Waals surface area contributed by atoms with Crippen LogP contribution in [-0.2, 0) is 4.79 Å². The summed E-state index contributed by atoms with van der Waals surface area (Å²) in [5.41, 5.74) is 1.95. The zero-order chi connectivity index (χ0) is 11.7. The molecule has 3 fully saturated rings. The number of carbonyl (C=O) groups excluding carboxylic acids is 1. The maximum Gasteiger partial charge on any atom is 0.136 e. The number of Topliss-reactive ketones (excluding diaryl/α,β-unsaturated/α-hetero) is 1. The number of hydrogen-bond donors (Lipinski definition) is 0. The molecule has 3 aliphatic carbocycles. The molecule has 0 aromatic carbocycles. The molecule has 0 amide bonds. The third kappa shape index (κ3) is 0.959. The maximum atomic E-state index is 12.0. The molecule has 1 nitrogen and oxygen atoms in total. The van der Waals surface area contributed by atoms with E-state index in [1.54, 1.807) is 0 Å². The molecule has 0 aromatic rings. The zero-order valence-electron chi connectivity index (χ0n) is 10.7. The van der Waals surface area contributed by atoms with Gasteiger partial charge in [-0.1, -0.05) is 32.9 Å². The van der Waals surface area contributed by atoms with Gasteiger partial charge >= 0.3 is 0 Å². The SMILES string of the molecule is C=C1[C@@H]2CC(=O)[C@H](C)[C@@]23CC[C@H](C3)C1(C)C. The third-order valence-corrected chi connectivity index (χ3v) is 6.30. The Kier molecular flexibility index (Phi) is 1.85. The molecule has 0 radical (unpaired) electrons. The van der Waals surface area contributed by atoms with Crippen molar-refractivity contribution in [2.24, 2.45) is 28.6 Å². The second kappa shape index (κ2) is 2.80. The minimum absolute atomic E-state index is 0.259. The molecule has 0 unspecified atom stereocenters. The minimum atomic E-state index is 0.259. The van der Waals surface area contributed by atoms with Crippen molar-refractivity contribution in [3.05, 3.63) is 12.2 Å². The van der Waals surface area contributed by atoms with Crippen molar-refractivity contribution in [3.63, 3.8) is 0 Å². The highest BCUT2D eigenvalue weighted by Crippen LogP contribution is 2.69. The van der Waals surface area contributed by atoms with Gasteiger partial charge in [-0.25, -0.2) is 0 Å². The summed E-state index contributed by atoms with van der Waals surface area (Å²) >= 11 is 0. The summed E-state index contributed by atoms with van der Waals surface area (Å²) in [5, 5.41) is 0. The van der Waals surface area contributed by atoms with Crippen LogP contribution in [-0.4, -0.2) is 5.78 Å². The van der Waals surface area contributed by atoms with Crippen molar-refractivity contribution in [3.8, 4) is 0 Å². The van der Waals surface area contributed by atoms with E-state index in [0.717, 1.165) is 12.3 Å². The first-order chi connectivity index (χ1) is 7.39. The second-order valence-electron chi connectivity index (χ2n) is 6.86. The van der Waals surface area contributed by atoms with E-state index in [1.165, 1.54) is 24.8 Å². The van der Waals surface area contributed by atoms with Gasteiger partial charge in [0.2, 0.25) is 0 Å². The van der Waals surface area contributed by atoms with E-state index in [0.29, 0.717) is 17.1 Å². The molecule has 4 atom stereocenters. The van der Waals surface area contributed by atoms with Crippen molar-refractivity contribution in [1.82, 2.24) is 0 Å². The summed E-state index contributed by atoms with van der Waals surface area (Å²) < 4.78 is 0. The Morgan fingerprint density at radius 2 is 2.06 bits per heavy atom. The average Bonchev–Trinajstić information content (AvgIpc) is 2.75. The molecule has 16 heavy (non-hydrogen) atoms. The van der Waals surface area contributed by atoms with E-state index < -0.39 is 0 Å². The van der Waals surface area contributed by atoms with Gasteiger partial charge in [-0.15, -0.1) is 0 Å². The summed E-state index contributed by atoms with van der Waals surface area (Å²) in [7, 11) is 0. The highest BCUT2D eigenvalue weighted by atomic mass is 16.1. The number of allylic oxidation sites excluding steroid dienone is 1. The zero-order valence-corrected chi connectivity index (χ0v) is 10.7. The van der Waals surface area contributed by atoms with Crippen molar-refractivity contribution in [2.75, 3.05) is 0 Å². The monoisotopic (exact) mass is 218 g/mol. The summed E-state index contributed by atoms with van der Waals surface area (Å²) in [5.74, 6) is 2.04. The Hall–Kier alpha value is -0.590. The first-order valence-corrected chi connectivity index (χ1v) is 6.61. The fourth-order valence-electron chi connectivity index (χ4n) is 4.82. The quantitative estimate of drug-likeness (QED) is 0.568. The predicted octanol–water partition coefficient (Wildman–Crippen LogP) is 3.59. The van der Waals surface area contributed by atoms with Crippen LogP contribution >= 0.6 is 0 Å². The largest absolute Gasteiger partial charge is 0.299 e. The molecule has 1 heteroatoms. The first-order valence-electron chi connectivity index (χ1n) is 6.61. The van der Waals surface area contributed by atoms with Crippen molar-refractivity contribution < 1.29 is 4.79 Å². The lowest BCUT2D eigenvalue weighted by molar-refractivity contribution is -0.121. The van der Waals surface area contributed by atoms with Gasteiger partial charge in [-0.2, -0.15) is 0 Å². The van der Waals surface area contributed by atoms with E-state index in [9.17, 15) is 4.79 Å². The van der Waals surface area contributed by atoms with Gasteiger partial charge in [-0.05, 0) is 41.9 Å². The van der Waals surface area contributed by atoms with Crippen LogP contribution in [0.5, 0.6) is 0 Å². The fourth-order valence-corrected chi connectivity index (χ4v) is 4.82. The average molecular weight is 218 g/mol. The summed E-state index contributed by atoms with van der Waals surface area (Å²) in [6.45, 7) is 11.2. The predicted molar refractivity (Wildman–Crippen MR) is 65.0 cm³/mol. The van der Waals surface area contributed by atoms with Crippen molar-refractivity contribution >= 4 is 5.78 Å². The van der Waals surface area contributed by atoms with Crippen molar-refractivity contribution in [2.45, 2.75) is 46.5 Å². The standard InChI is InChI=1S/C15H22O/c1-9-12-7-13(16)10(2)15(12)6-5-11(8-15)14(9,3)4/h10-12H,1,5-8H2,2-4H3/t10-,11+,12-,15-/m0/s1. The number of hydrogen-bond acceptors (Lipinski definition) is 1. The van der Waals surface area contributed by atoms with Crippen LogP contribution in [0.15, 0.2) is 12.2 Å². The maximum absolute atomic E-state index is 12.0. The molecule has 0 saturated heterocycles. The Morgan fingerprint density at radius 3 is 2.75 bits per heavy atom. The number of rotatable bonds is 0. The smallest absolute Gasteiger partial charge is 0.136 e. The Morgan fingerprint density at radius 1 is 1.38 bits per heavy atom. The van der Waals surface area contributed by atoms with Crippen LogP contribution in [0.2, 0.25) is 0 Å². The fraction of sp³-hybridized carbons (Fsp3) is 0.800. The second-order valence-corrected chi connectivity index (χ2v) is 6.86. The van der Waals surface area contributed by atoms with Gasteiger partial charge in [0, 0.05) is 12.3 Å². The Balaban J connectivity index is 2.10. The van der Waals surface area contributed by atoms with Crippen molar-refractivity contribution in [1.29, 1.82) is 0 Å². The lowest BCUT2D eigenvalue weighted by Crippen LogP contribution is -2.40. The molecule has 0 heterocycles. The third-order valence-electron chi connectivity index (χ3n) is 6.30. The summed E-state index contributed by atoms with van der Waals surface area (Å²) in [6, 6.07) is 0. The van der Waals surface area contributed by atoms with Gasteiger partial charge in [0.05, 0.1) is 0 Å². The summed E-state index contributed by atoms with van der Waals surface area (Å²) in [6.07, 6.45) is 4.62. The van der Waals surface area contributed by atoms with E-state index in [4.69, 9.17) is 0 Å². The molecule has 88 valence electrons. The lowest BCUT2D eigenvalue weighted by Gasteiger charge is -2.48. The Labute approximate surface area is 98.3 Å². The van der Waals surface area contributed by atoms with Gasteiger partial charge in [0.1, 0.15) is 5.78 Å². The number of ketones is 1. The normalized spacial score (nSPS) is 49.6. The van der Waals surface area contributed by atoms with Gasteiger partial charge < -0.3 is 0 Å². The molecular formula is C15H22O. The molecule has 3 aliphatic rings. The molecule has 2 bridgehead atoms. The first kappa shape index (κ1) is 10.6. The van der Waals surface area contributed by atoms with E-state index >= 15 is 0 Å². The van der Waals surface area contributed by atoms with E-state index in [1.807, 2.05) is 0 Å². The highest BCUT2D eigenvalue weighted by Gasteiger charge is 2.63. The van der Waals surface area contributed by atoms with Crippen LogP contribution in [0.1, 0.15) is 46.5 Å². The molecule has 1 spiro atoms. The lowest BCUT2D eigenvalue weighted by atomic mass is 9.56. The molecule has 3 rings (SSSR count). The van der Waals surface area contributed by atoms with E-state index in [-0.39, 0.29) is 11.3 Å². The topological polar surface area (TPSA) is 17.1 Å². The molecule has 0 N–H and O–H groups in total. The van der Waals surface area contributed by atoms with Crippen LogP contribution < -0.4 is 0 Å². The number of fused-ring (bicyclic) bond motifs is 1. The minimum Gasteiger partial charge on any atom is -0.299 e. The van der Waals surface area contributed by atoms with Crippen LogP contribution in [0.4, 0.5) is 0 Å². The summed E-state index contributed by atoms with van der Waals surface area (Å²) in [4.78, 5) is 12.0. The van der Waals surface area contributed by atoms with Crippen LogP contribution in [0.25, 0.3) is 0 Å². The molecular weight excluding hydrogens is 196 g/mol. The van der Waals surface area contributed by atoms with Gasteiger partial charge in [0.15, 0.2) is 0 Å². The number of carbonyl (C=O) groups is 1. The Bertz CT molecular complexity index is 379. The highest BCUT2D eigenvalue weighted by molar-refractivity contribution is 5.85. The molecule has 0 aromatic heterocycles. The van der Waals surface area contributed by atoms with Crippen LogP contribution in [0, 0.1) is 28.6 Å².